The van der Waals surface area contributed by atoms with Crippen molar-refractivity contribution >= 4 is 11.7 Å². The Morgan fingerprint density at radius 1 is 1.52 bits per heavy atom. The molecule has 0 amide bonds. The van der Waals surface area contributed by atoms with E-state index in [1.165, 1.54) is 12.1 Å². The SMILES string of the molecule is CCOC(=O)CN1CCO[C@H](COc2cccc([N+](=O)[O-])c2)C1. The topological polar surface area (TPSA) is 91.1 Å². The van der Waals surface area contributed by atoms with Gasteiger partial charge in [-0.2, -0.15) is 0 Å². The fourth-order valence-electron chi connectivity index (χ4n) is 2.29. The van der Waals surface area contributed by atoms with Gasteiger partial charge in [0.05, 0.1) is 30.7 Å². The van der Waals surface area contributed by atoms with Crippen LogP contribution < -0.4 is 4.74 Å². The number of nitro groups is 1. The summed E-state index contributed by atoms with van der Waals surface area (Å²) in [4.78, 5) is 23.7. The van der Waals surface area contributed by atoms with Gasteiger partial charge in [-0.25, -0.2) is 0 Å². The zero-order valence-corrected chi connectivity index (χ0v) is 13.0. The first kappa shape index (κ1) is 17.2. The second-order valence-corrected chi connectivity index (χ2v) is 5.10. The largest absolute Gasteiger partial charge is 0.491 e. The summed E-state index contributed by atoms with van der Waals surface area (Å²) in [7, 11) is 0. The number of carbonyl (C=O) groups excluding carboxylic acids is 1. The van der Waals surface area contributed by atoms with Crippen molar-refractivity contribution in [2.24, 2.45) is 0 Å². The molecule has 1 atom stereocenters. The summed E-state index contributed by atoms with van der Waals surface area (Å²) >= 11 is 0. The van der Waals surface area contributed by atoms with Crippen LogP contribution in [0.25, 0.3) is 0 Å². The Morgan fingerprint density at radius 3 is 3.09 bits per heavy atom. The third-order valence-corrected chi connectivity index (χ3v) is 3.35. The van der Waals surface area contributed by atoms with Gasteiger partial charge in [0.15, 0.2) is 0 Å². The van der Waals surface area contributed by atoms with Crippen molar-refractivity contribution in [3.63, 3.8) is 0 Å². The van der Waals surface area contributed by atoms with Crippen LogP contribution in [-0.4, -0.2) is 61.4 Å². The molecule has 1 saturated heterocycles. The zero-order valence-electron chi connectivity index (χ0n) is 13.0. The molecule has 8 nitrogen and oxygen atoms in total. The maximum absolute atomic E-state index is 11.5. The number of benzene rings is 1. The average Bonchev–Trinajstić information content (AvgIpc) is 2.54. The first-order valence-electron chi connectivity index (χ1n) is 7.45. The van der Waals surface area contributed by atoms with Gasteiger partial charge in [0.2, 0.25) is 0 Å². The first-order valence-corrected chi connectivity index (χ1v) is 7.45. The van der Waals surface area contributed by atoms with Gasteiger partial charge in [0, 0.05) is 19.2 Å². The highest BCUT2D eigenvalue weighted by Crippen LogP contribution is 2.19. The Kier molecular flexibility index (Phi) is 6.30. The van der Waals surface area contributed by atoms with Crippen LogP contribution in [0.15, 0.2) is 24.3 Å². The molecule has 1 aliphatic heterocycles. The number of nitrogens with zero attached hydrogens (tertiary/aromatic N) is 2. The molecule has 23 heavy (non-hydrogen) atoms. The van der Waals surface area contributed by atoms with Crippen LogP contribution in [0.3, 0.4) is 0 Å². The van der Waals surface area contributed by atoms with E-state index in [1.54, 1.807) is 19.1 Å². The van der Waals surface area contributed by atoms with Crippen molar-refractivity contribution < 1.29 is 23.9 Å². The lowest BCUT2D eigenvalue weighted by Crippen LogP contribution is -2.47. The van der Waals surface area contributed by atoms with E-state index in [0.717, 1.165) is 0 Å². The van der Waals surface area contributed by atoms with Gasteiger partial charge in [-0.05, 0) is 13.0 Å². The molecule has 126 valence electrons. The molecule has 1 fully saturated rings. The lowest BCUT2D eigenvalue weighted by atomic mass is 10.2. The highest BCUT2D eigenvalue weighted by molar-refractivity contribution is 5.71. The average molecular weight is 324 g/mol. The van der Waals surface area contributed by atoms with E-state index in [2.05, 4.69) is 0 Å². The Morgan fingerprint density at radius 2 is 2.35 bits per heavy atom. The molecule has 1 aromatic rings. The van der Waals surface area contributed by atoms with E-state index >= 15 is 0 Å². The maximum Gasteiger partial charge on any atom is 0.320 e. The van der Waals surface area contributed by atoms with E-state index in [4.69, 9.17) is 14.2 Å². The van der Waals surface area contributed by atoms with Crippen molar-refractivity contribution in [3.05, 3.63) is 34.4 Å². The summed E-state index contributed by atoms with van der Waals surface area (Å²) in [6.07, 6.45) is -0.197. The first-order chi connectivity index (χ1) is 11.1. The number of nitro benzene ring substituents is 1. The lowest BCUT2D eigenvalue weighted by molar-refractivity contribution is -0.384. The fourth-order valence-corrected chi connectivity index (χ4v) is 2.29. The van der Waals surface area contributed by atoms with Gasteiger partial charge in [-0.15, -0.1) is 0 Å². The Hall–Kier alpha value is -2.19. The van der Waals surface area contributed by atoms with Crippen molar-refractivity contribution in [2.75, 3.05) is 39.5 Å². The smallest absolute Gasteiger partial charge is 0.320 e. The van der Waals surface area contributed by atoms with Crippen LogP contribution >= 0.6 is 0 Å². The maximum atomic E-state index is 11.5. The van der Waals surface area contributed by atoms with Crippen LogP contribution in [-0.2, 0) is 14.3 Å². The minimum atomic E-state index is -0.467. The van der Waals surface area contributed by atoms with Crippen LogP contribution in [0.5, 0.6) is 5.75 Å². The van der Waals surface area contributed by atoms with Crippen molar-refractivity contribution in [1.29, 1.82) is 0 Å². The Balaban J connectivity index is 1.82. The van der Waals surface area contributed by atoms with Gasteiger partial charge in [0.1, 0.15) is 18.5 Å². The summed E-state index contributed by atoms with van der Waals surface area (Å²) in [6, 6.07) is 6.01. The quantitative estimate of drug-likeness (QED) is 0.423. The highest BCUT2D eigenvalue weighted by atomic mass is 16.6. The predicted octanol–water partition coefficient (Wildman–Crippen LogP) is 1.24. The third kappa shape index (κ3) is 5.50. The lowest BCUT2D eigenvalue weighted by Gasteiger charge is -2.31. The molecule has 8 heteroatoms. The van der Waals surface area contributed by atoms with Crippen LogP contribution in [0.1, 0.15) is 6.92 Å². The molecule has 1 aliphatic rings. The Labute approximate surface area is 134 Å². The van der Waals surface area contributed by atoms with E-state index < -0.39 is 4.92 Å². The van der Waals surface area contributed by atoms with Crippen LogP contribution in [0.4, 0.5) is 5.69 Å². The van der Waals surface area contributed by atoms with Crippen molar-refractivity contribution in [1.82, 2.24) is 4.90 Å². The minimum absolute atomic E-state index is 0.0176. The van der Waals surface area contributed by atoms with Crippen molar-refractivity contribution in [3.8, 4) is 5.75 Å². The molecule has 0 saturated carbocycles. The number of carbonyl (C=O) groups is 1. The molecule has 0 unspecified atom stereocenters. The van der Waals surface area contributed by atoms with E-state index in [-0.39, 0.29) is 30.9 Å². The Bertz CT molecular complexity index is 551. The zero-order chi connectivity index (χ0) is 16.7. The summed E-state index contributed by atoms with van der Waals surface area (Å²) in [5.41, 5.74) is -0.0176. The predicted molar refractivity (Wildman–Crippen MR) is 81.4 cm³/mol. The van der Waals surface area contributed by atoms with Gasteiger partial charge in [-0.3, -0.25) is 19.8 Å². The number of rotatable bonds is 7. The normalized spacial score (nSPS) is 18.4. The molecule has 0 spiro atoms. The molecule has 0 N–H and O–H groups in total. The van der Waals surface area contributed by atoms with Gasteiger partial charge in [0.25, 0.3) is 5.69 Å². The molecule has 1 aromatic carbocycles. The fraction of sp³-hybridized carbons (Fsp3) is 0.533. The summed E-state index contributed by atoms with van der Waals surface area (Å²) in [5.74, 6) is 0.165. The second kappa shape index (κ2) is 8.44. The van der Waals surface area contributed by atoms with Crippen LogP contribution in [0.2, 0.25) is 0 Å². The number of hydrogen-bond donors (Lipinski definition) is 0. The summed E-state index contributed by atoms with van der Waals surface area (Å²) in [5, 5.41) is 10.7. The molecule has 0 radical (unpaired) electrons. The molecule has 0 aromatic heterocycles. The summed E-state index contributed by atoms with van der Waals surface area (Å²) in [6.45, 7) is 4.34. The molecule has 0 aliphatic carbocycles. The third-order valence-electron chi connectivity index (χ3n) is 3.35. The molecule has 2 rings (SSSR count). The minimum Gasteiger partial charge on any atom is -0.491 e. The van der Waals surface area contributed by atoms with Gasteiger partial charge < -0.3 is 14.2 Å². The van der Waals surface area contributed by atoms with Crippen LogP contribution in [0, 0.1) is 10.1 Å². The number of ether oxygens (including phenoxy) is 3. The number of morpholine rings is 1. The van der Waals surface area contributed by atoms with Gasteiger partial charge >= 0.3 is 5.97 Å². The number of esters is 1. The number of non-ortho nitro benzene ring substituents is 1. The van der Waals surface area contributed by atoms with Crippen molar-refractivity contribution in [2.45, 2.75) is 13.0 Å². The highest BCUT2D eigenvalue weighted by Gasteiger charge is 2.23. The summed E-state index contributed by atoms with van der Waals surface area (Å²) < 4.78 is 16.1. The molecule has 1 heterocycles. The molecule has 0 bridgehead atoms. The monoisotopic (exact) mass is 324 g/mol. The second-order valence-electron chi connectivity index (χ2n) is 5.10. The standard InChI is InChI=1S/C15H20N2O6/c1-2-21-15(18)10-16-6-7-22-14(9-16)11-23-13-5-3-4-12(8-13)17(19)20/h3-5,8,14H,2,6-7,9-11H2,1H3/t14-/m0/s1. The molecular weight excluding hydrogens is 304 g/mol. The van der Waals surface area contributed by atoms with E-state index in [9.17, 15) is 14.9 Å². The van der Waals surface area contributed by atoms with E-state index in [1.807, 2.05) is 4.90 Å². The van der Waals surface area contributed by atoms with Gasteiger partial charge in [-0.1, -0.05) is 6.07 Å². The van der Waals surface area contributed by atoms with E-state index in [0.29, 0.717) is 32.1 Å². The number of hydrogen-bond acceptors (Lipinski definition) is 7. The molecular formula is C15H20N2O6.